The second-order valence-corrected chi connectivity index (χ2v) is 8.77. The van der Waals surface area contributed by atoms with E-state index >= 15 is 0 Å². The predicted molar refractivity (Wildman–Crippen MR) is 112 cm³/mol. The molecule has 27 heavy (non-hydrogen) atoms. The van der Waals surface area contributed by atoms with Crippen LogP contribution in [0.1, 0.15) is 22.9 Å². The SMILES string of the molecule is CCn1c(SCC(=O)N2CCc3ccccc32)nc2sc(C)c(C)c2c1=O. The van der Waals surface area contributed by atoms with E-state index in [0.29, 0.717) is 17.1 Å². The van der Waals surface area contributed by atoms with Crippen LogP contribution in [-0.2, 0) is 17.8 Å². The first-order chi connectivity index (χ1) is 13.0. The molecule has 0 aliphatic carbocycles. The summed E-state index contributed by atoms with van der Waals surface area (Å²) in [6.45, 7) is 7.18. The lowest BCUT2D eigenvalue weighted by Crippen LogP contribution is -2.31. The molecule has 0 spiro atoms. The third kappa shape index (κ3) is 3.08. The summed E-state index contributed by atoms with van der Waals surface area (Å²) in [5.74, 6) is 0.329. The number of amides is 1. The number of aromatic nitrogens is 2. The zero-order valence-electron chi connectivity index (χ0n) is 15.6. The number of hydrogen-bond donors (Lipinski definition) is 0. The van der Waals surface area contributed by atoms with Crippen molar-refractivity contribution in [2.24, 2.45) is 0 Å². The number of thiophene rings is 1. The van der Waals surface area contributed by atoms with E-state index in [0.717, 1.165) is 33.9 Å². The molecule has 0 N–H and O–H groups in total. The molecule has 1 amide bonds. The Balaban J connectivity index is 1.61. The summed E-state index contributed by atoms with van der Waals surface area (Å²) >= 11 is 2.90. The van der Waals surface area contributed by atoms with Crippen LogP contribution in [0.5, 0.6) is 0 Å². The lowest BCUT2D eigenvalue weighted by atomic mass is 10.2. The number of anilines is 1. The van der Waals surface area contributed by atoms with Crippen molar-refractivity contribution >= 4 is 44.9 Å². The number of carbonyl (C=O) groups excluding carboxylic acids is 1. The van der Waals surface area contributed by atoms with Gasteiger partial charge in [-0.1, -0.05) is 30.0 Å². The maximum atomic E-state index is 12.9. The van der Waals surface area contributed by atoms with Gasteiger partial charge >= 0.3 is 0 Å². The number of aryl methyl sites for hydroxylation is 2. The number of thioether (sulfide) groups is 1. The number of hydrogen-bond acceptors (Lipinski definition) is 5. The minimum absolute atomic E-state index is 0.00850. The van der Waals surface area contributed by atoms with E-state index in [4.69, 9.17) is 4.98 Å². The third-order valence-electron chi connectivity index (χ3n) is 5.08. The average Bonchev–Trinajstić information content (AvgIpc) is 3.21. The fourth-order valence-corrected chi connectivity index (χ4v) is 5.51. The molecule has 0 atom stereocenters. The van der Waals surface area contributed by atoms with Crippen molar-refractivity contribution in [2.45, 2.75) is 38.9 Å². The highest BCUT2D eigenvalue weighted by molar-refractivity contribution is 7.99. The molecule has 1 aromatic carbocycles. The Hall–Kier alpha value is -2.12. The Morgan fingerprint density at radius 3 is 2.85 bits per heavy atom. The zero-order chi connectivity index (χ0) is 19.1. The Bertz CT molecular complexity index is 1100. The molecule has 4 rings (SSSR count). The molecule has 0 radical (unpaired) electrons. The van der Waals surface area contributed by atoms with Crippen LogP contribution < -0.4 is 10.5 Å². The quantitative estimate of drug-likeness (QED) is 0.495. The van der Waals surface area contributed by atoms with Crippen LogP contribution in [0.15, 0.2) is 34.2 Å². The summed E-state index contributed by atoms with van der Waals surface area (Å²) in [5, 5.41) is 1.33. The van der Waals surface area contributed by atoms with Crippen LogP contribution in [0.25, 0.3) is 10.2 Å². The van der Waals surface area contributed by atoms with Crippen molar-refractivity contribution in [2.75, 3.05) is 17.2 Å². The van der Waals surface area contributed by atoms with E-state index in [1.165, 1.54) is 17.3 Å². The van der Waals surface area contributed by atoms with Gasteiger partial charge in [0, 0.05) is 23.7 Å². The molecule has 2 aromatic heterocycles. The average molecular weight is 400 g/mol. The van der Waals surface area contributed by atoms with Crippen molar-refractivity contribution in [3.63, 3.8) is 0 Å². The zero-order valence-corrected chi connectivity index (χ0v) is 17.2. The Labute approximate surface area is 166 Å². The molecule has 0 bridgehead atoms. The molecule has 0 saturated heterocycles. The van der Waals surface area contributed by atoms with E-state index in [-0.39, 0.29) is 17.2 Å². The normalized spacial score (nSPS) is 13.4. The maximum Gasteiger partial charge on any atom is 0.263 e. The Morgan fingerprint density at radius 1 is 1.30 bits per heavy atom. The highest BCUT2D eigenvalue weighted by atomic mass is 32.2. The van der Waals surface area contributed by atoms with E-state index in [1.807, 2.05) is 43.9 Å². The molecular formula is C20H21N3O2S2. The van der Waals surface area contributed by atoms with Gasteiger partial charge in [-0.05, 0) is 44.4 Å². The molecule has 0 fully saturated rings. The van der Waals surface area contributed by atoms with Gasteiger partial charge in [0.2, 0.25) is 5.91 Å². The van der Waals surface area contributed by atoms with E-state index in [1.54, 1.807) is 15.9 Å². The van der Waals surface area contributed by atoms with E-state index in [9.17, 15) is 9.59 Å². The summed E-state index contributed by atoms with van der Waals surface area (Å²) < 4.78 is 1.68. The number of benzene rings is 1. The second-order valence-electron chi connectivity index (χ2n) is 6.62. The Morgan fingerprint density at radius 2 is 2.07 bits per heavy atom. The van der Waals surface area contributed by atoms with Crippen LogP contribution in [0.4, 0.5) is 5.69 Å². The van der Waals surface area contributed by atoms with Crippen molar-refractivity contribution in [1.82, 2.24) is 9.55 Å². The maximum absolute atomic E-state index is 12.9. The third-order valence-corrected chi connectivity index (χ3v) is 7.15. The monoisotopic (exact) mass is 399 g/mol. The lowest BCUT2D eigenvalue weighted by molar-refractivity contribution is -0.116. The van der Waals surface area contributed by atoms with Gasteiger partial charge < -0.3 is 4.90 Å². The van der Waals surface area contributed by atoms with E-state index in [2.05, 4.69) is 6.07 Å². The van der Waals surface area contributed by atoms with Gasteiger partial charge in [-0.25, -0.2) is 4.98 Å². The summed E-state index contributed by atoms with van der Waals surface area (Å²) in [5.41, 5.74) is 3.22. The van der Waals surface area contributed by atoms with Gasteiger partial charge in [-0.2, -0.15) is 0 Å². The standard InChI is InChI=1S/C20H21N3O2S2/c1-4-22-19(25)17-12(2)13(3)27-18(17)21-20(22)26-11-16(24)23-10-9-14-7-5-6-8-15(14)23/h5-8H,4,9-11H2,1-3H3. The minimum Gasteiger partial charge on any atom is -0.311 e. The number of para-hydroxylation sites is 1. The van der Waals surface area contributed by atoms with Gasteiger partial charge in [0.25, 0.3) is 5.56 Å². The smallest absolute Gasteiger partial charge is 0.263 e. The largest absolute Gasteiger partial charge is 0.311 e. The van der Waals surface area contributed by atoms with Gasteiger partial charge in [-0.3, -0.25) is 14.2 Å². The molecule has 5 nitrogen and oxygen atoms in total. The van der Waals surface area contributed by atoms with Crippen molar-refractivity contribution in [1.29, 1.82) is 0 Å². The number of carbonyl (C=O) groups is 1. The number of nitrogens with zero attached hydrogens (tertiary/aromatic N) is 3. The summed E-state index contributed by atoms with van der Waals surface area (Å²) in [6, 6.07) is 8.03. The van der Waals surface area contributed by atoms with Crippen LogP contribution in [-0.4, -0.2) is 27.8 Å². The molecule has 3 heterocycles. The first-order valence-corrected chi connectivity index (χ1v) is 10.8. The Kier molecular flexibility index (Phi) is 4.82. The molecule has 1 aliphatic heterocycles. The van der Waals surface area contributed by atoms with Crippen molar-refractivity contribution in [3.8, 4) is 0 Å². The highest BCUT2D eigenvalue weighted by Gasteiger charge is 2.25. The summed E-state index contributed by atoms with van der Waals surface area (Å²) in [7, 11) is 0. The van der Waals surface area contributed by atoms with Gasteiger partial charge in [0.15, 0.2) is 5.16 Å². The predicted octanol–water partition coefficient (Wildman–Crippen LogP) is 3.78. The molecule has 0 unspecified atom stereocenters. The minimum atomic E-state index is -0.00850. The molecule has 3 aromatic rings. The number of fused-ring (bicyclic) bond motifs is 2. The van der Waals surface area contributed by atoms with Crippen LogP contribution in [0.2, 0.25) is 0 Å². The molecular weight excluding hydrogens is 378 g/mol. The van der Waals surface area contributed by atoms with Gasteiger partial charge in [0.05, 0.1) is 11.1 Å². The molecule has 1 aliphatic rings. The fraction of sp³-hybridized carbons (Fsp3) is 0.350. The molecule has 0 saturated carbocycles. The van der Waals surface area contributed by atoms with Gasteiger partial charge in [0.1, 0.15) is 4.83 Å². The highest BCUT2D eigenvalue weighted by Crippen LogP contribution is 2.30. The van der Waals surface area contributed by atoms with Crippen molar-refractivity contribution < 1.29 is 4.79 Å². The van der Waals surface area contributed by atoms with E-state index < -0.39 is 0 Å². The topological polar surface area (TPSA) is 55.2 Å². The first kappa shape index (κ1) is 18.3. The summed E-state index contributed by atoms with van der Waals surface area (Å²) in [6.07, 6.45) is 0.893. The van der Waals surface area contributed by atoms with Crippen LogP contribution in [0.3, 0.4) is 0 Å². The lowest BCUT2D eigenvalue weighted by Gasteiger charge is -2.17. The second kappa shape index (κ2) is 7.13. The number of rotatable bonds is 4. The fourth-order valence-electron chi connectivity index (χ4n) is 3.50. The van der Waals surface area contributed by atoms with Crippen LogP contribution in [0, 0.1) is 13.8 Å². The summed E-state index contributed by atoms with van der Waals surface area (Å²) in [4.78, 5) is 34.1. The van der Waals surface area contributed by atoms with Gasteiger partial charge in [-0.15, -0.1) is 11.3 Å². The molecule has 140 valence electrons. The van der Waals surface area contributed by atoms with Crippen molar-refractivity contribution in [3.05, 3.63) is 50.6 Å². The molecule has 7 heteroatoms. The first-order valence-electron chi connectivity index (χ1n) is 9.02. The van der Waals surface area contributed by atoms with Crippen LogP contribution >= 0.6 is 23.1 Å².